The van der Waals surface area contributed by atoms with E-state index in [1.165, 1.54) is 32.1 Å². The van der Waals surface area contributed by atoms with E-state index in [0.29, 0.717) is 17.1 Å². The Hall–Kier alpha value is -0.110. The molecule has 0 amide bonds. The number of hydrogen-bond donors (Lipinski definition) is 0. The molecule has 0 spiro atoms. The van der Waals surface area contributed by atoms with Crippen LogP contribution in [0.2, 0.25) is 0 Å². The highest BCUT2D eigenvalue weighted by Gasteiger charge is 2.61. The van der Waals surface area contributed by atoms with Crippen LogP contribution >= 0.6 is 15.9 Å². The Morgan fingerprint density at radius 3 is 2.76 bits per heavy atom. The molecule has 3 fully saturated rings. The molecule has 0 heterocycles. The van der Waals surface area contributed by atoms with E-state index in [1.807, 2.05) is 0 Å². The van der Waals surface area contributed by atoms with Gasteiger partial charge in [-0.3, -0.25) is 4.79 Å². The van der Waals surface area contributed by atoms with Crippen molar-refractivity contribution in [3.63, 3.8) is 0 Å². The normalized spacial score (nSPS) is 55.8. The van der Waals surface area contributed by atoms with Crippen molar-refractivity contribution in [2.24, 2.45) is 34.5 Å². The van der Waals surface area contributed by atoms with Crippen LogP contribution < -0.4 is 0 Å². The van der Waals surface area contributed by atoms with Crippen molar-refractivity contribution in [2.75, 3.05) is 0 Å². The van der Waals surface area contributed by atoms with Gasteiger partial charge in [0.1, 0.15) is 0 Å². The SMILES string of the molecule is C[C@]12CC=CCC1CCC1C2CC[C@]2(C)C(=O)[C@H](Br)CC12. The first-order valence-electron chi connectivity index (χ1n) is 8.80. The first-order valence-corrected chi connectivity index (χ1v) is 9.72. The highest BCUT2D eigenvalue weighted by Crippen LogP contribution is 2.65. The molecule has 3 saturated carbocycles. The summed E-state index contributed by atoms with van der Waals surface area (Å²) in [4.78, 5) is 12.8. The van der Waals surface area contributed by atoms with E-state index < -0.39 is 0 Å². The number of ketones is 1. The third kappa shape index (κ3) is 1.84. The van der Waals surface area contributed by atoms with Crippen LogP contribution in [0.3, 0.4) is 0 Å². The van der Waals surface area contributed by atoms with E-state index in [2.05, 4.69) is 41.9 Å². The van der Waals surface area contributed by atoms with Crippen molar-refractivity contribution in [2.45, 2.75) is 63.6 Å². The number of halogens is 1. The monoisotopic (exact) mass is 350 g/mol. The third-order valence-corrected chi connectivity index (χ3v) is 8.70. The molecule has 0 aliphatic heterocycles. The average Bonchev–Trinajstić information content (AvgIpc) is 2.70. The lowest BCUT2D eigenvalue weighted by atomic mass is 9.46. The van der Waals surface area contributed by atoms with Crippen LogP contribution in [0.25, 0.3) is 0 Å². The fourth-order valence-corrected chi connectivity index (χ4v) is 7.51. The van der Waals surface area contributed by atoms with E-state index in [-0.39, 0.29) is 10.2 Å². The molecule has 4 aliphatic carbocycles. The molecular formula is C19H27BrO. The average molecular weight is 351 g/mol. The van der Waals surface area contributed by atoms with Gasteiger partial charge in [0.2, 0.25) is 0 Å². The van der Waals surface area contributed by atoms with Gasteiger partial charge in [0.15, 0.2) is 5.78 Å². The molecule has 0 bridgehead atoms. The van der Waals surface area contributed by atoms with Gasteiger partial charge < -0.3 is 0 Å². The fourth-order valence-electron chi connectivity index (χ4n) is 6.59. The van der Waals surface area contributed by atoms with Crippen molar-refractivity contribution >= 4 is 21.7 Å². The summed E-state index contributed by atoms with van der Waals surface area (Å²) in [5, 5.41) is 0. The first kappa shape index (κ1) is 14.5. The van der Waals surface area contributed by atoms with E-state index in [4.69, 9.17) is 0 Å². The lowest BCUT2D eigenvalue weighted by Gasteiger charge is -2.58. The van der Waals surface area contributed by atoms with Crippen LogP contribution in [-0.4, -0.2) is 10.6 Å². The molecule has 116 valence electrons. The van der Waals surface area contributed by atoms with Gasteiger partial charge in [0.05, 0.1) is 4.83 Å². The van der Waals surface area contributed by atoms with Crippen LogP contribution in [0.4, 0.5) is 0 Å². The standard InChI is InChI=1S/C19H27BrO/c1-18-9-4-3-5-12(18)6-7-13-14(18)8-10-19(2)15(13)11-16(20)17(19)21/h3-4,12-16H,5-11H2,1-2H3/t12?,13?,14?,15?,16-,18+,19+/m1/s1. The molecule has 0 saturated heterocycles. The van der Waals surface area contributed by atoms with Gasteiger partial charge in [-0.15, -0.1) is 0 Å². The molecule has 0 aromatic rings. The lowest BCUT2D eigenvalue weighted by molar-refractivity contribution is -0.136. The topological polar surface area (TPSA) is 17.1 Å². The summed E-state index contributed by atoms with van der Waals surface area (Å²) in [5.41, 5.74) is 0.482. The summed E-state index contributed by atoms with van der Waals surface area (Å²) in [6, 6.07) is 0. The van der Waals surface area contributed by atoms with Crippen molar-refractivity contribution < 1.29 is 4.79 Å². The molecule has 21 heavy (non-hydrogen) atoms. The second-order valence-corrected chi connectivity index (χ2v) is 9.70. The minimum atomic E-state index is -0.0248. The maximum atomic E-state index is 12.6. The summed E-state index contributed by atoms with van der Waals surface area (Å²) in [5.74, 6) is 3.68. The predicted octanol–water partition coefficient (Wildman–Crippen LogP) is 5.14. The molecule has 4 unspecified atom stereocenters. The maximum absolute atomic E-state index is 12.6. The Labute approximate surface area is 137 Å². The largest absolute Gasteiger partial charge is 0.298 e. The molecular weight excluding hydrogens is 324 g/mol. The van der Waals surface area contributed by atoms with E-state index in [9.17, 15) is 4.79 Å². The zero-order valence-corrected chi connectivity index (χ0v) is 14.9. The first-order chi connectivity index (χ1) is 9.97. The Balaban J connectivity index is 1.68. The number of alkyl halides is 1. The van der Waals surface area contributed by atoms with Crippen molar-refractivity contribution in [3.8, 4) is 0 Å². The number of carbonyl (C=O) groups excluding carboxylic acids is 1. The van der Waals surface area contributed by atoms with Crippen LogP contribution in [0.1, 0.15) is 58.8 Å². The van der Waals surface area contributed by atoms with Crippen LogP contribution in [-0.2, 0) is 4.79 Å². The second-order valence-electron chi connectivity index (χ2n) is 8.59. The number of Topliss-reactive ketones (excluding diaryl/α,β-unsaturated/α-hetero) is 1. The van der Waals surface area contributed by atoms with Gasteiger partial charge in [0, 0.05) is 5.41 Å². The van der Waals surface area contributed by atoms with Crippen LogP contribution in [0.15, 0.2) is 12.2 Å². The molecule has 0 aromatic heterocycles. The van der Waals surface area contributed by atoms with E-state index >= 15 is 0 Å². The van der Waals surface area contributed by atoms with Gasteiger partial charge in [-0.2, -0.15) is 0 Å². The maximum Gasteiger partial charge on any atom is 0.152 e. The van der Waals surface area contributed by atoms with Crippen molar-refractivity contribution in [1.82, 2.24) is 0 Å². The summed E-state index contributed by atoms with van der Waals surface area (Å²) in [6.07, 6.45) is 13.7. The third-order valence-electron chi connectivity index (χ3n) is 7.91. The molecule has 4 rings (SSSR count). The van der Waals surface area contributed by atoms with Crippen molar-refractivity contribution in [3.05, 3.63) is 12.2 Å². The highest BCUT2D eigenvalue weighted by molar-refractivity contribution is 9.10. The molecule has 2 heteroatoms. The number of hydrogen-bond acceptors (Lipinski definition) is 1. The van der Waals surface area contributed by atoms with Gasteiger partial charge in [0.25, 0.3) is 0 Å². The molecule has 0 N–H and O–H groups in total. The summed E-state index contributed by atoms with van der Waals surface area (Å²) in [6.45, 7) is 4.83. The summed E-state index contributed by atoms with van der Waals surface area (Å²) in [7, 11) is 0. The van der Waals surface area contributed by atoms with Crippen LogP contribution in [0.5, 0.6) is 0 Å². The van der Waals surface area contributed by atoms with Gasteiger partial charge >= 0.3 is 0 Å². The zero-order valence-electron chi connectivity index (χ0n) is 13.3. The number of carbonyl (C=O) groups is 1. The Kier molecular flexibility index (Phi) is 3.24. The van der Waals surface area contributed by atoms with E-state index in [0.717, 1.165) is 30.6 Å². The van der Waals surface area contributed by atoms with Crippen molar-refractivity contribution in [1.29, 1.82) is 0 Å². The van der Waals surface area contributed by atoms with Gasteiger partial charge in [-0.25, -0.2) is 0 Å². The number of allylic oxidation sites excluding steroid dienone is 2. The lowest BCUT2D eigenvalue weighted by Crippen LogP contribution is -2.52. The smallest absolute Gasteiger partial charge is 0.152 e. The van der Waals surface area contributed by atoms with Gasteiger partial charge in [-0.05, 0) is 74.0 Å². The number of fused-ring (bicyclic) bond motifs is 5. The quantitative estimate of drug-likeness (QED) is 0.436. The van der Waals surface area contributed by atoms with E-state index in [1.54, 1.807) is 0 Å². The Bertz CT molecular complexity index is 498. The molecule has 0 aromatic carbocycles. The Morgan fingerprint density at radius 1 is 1.14 bits per heavy atom. The predicted molar refractivity (Wildman–Crippen MR) is 89.4 cm³/mol. The fraction of sp³-hybridized carbons (Fsp3) is 0.842. The summed E-state index contributed by atoms with van der Waals surface area (Å²) >= 11 is 3.67. The Morgan fingerprint density at radius 2 is 1.95 bits per heavy atom. The second kappa shape index (κ2) is 4.69. The minimum absolute atomic E-state index is 0.0248. The van der Waals surface area contributed by atoms with Crippen LogP contribution in [0, 0.1) is 34.5 Å². The zero-order chi connectivity index (χ0) is 14.8. The van der Waals surface area contributed by atoms with Gasteiger partial charge in [-0.1, -0.05) is 41.9 Å². The number of rotatable bonds is 0. The molecule has 1 nitrogen and oxygen atoms in total. The molecule has 0 radical (unpaired) electrons. The molecule has 4 aliphatic rings. The minimum Gasteiger partial charge on any atom is -0.298 e. The molecule has 7 atom stereocenters. The highest BCUT2D eigenvalue weighted by atomic mass is 79.9. The summed E-state index contributed by atoms with van der Waals surface area (Å²) < 4.78 is 0.